The number of aromatic nitrogens is 1. The Morgan fingerprint density at radius 3 is 2.95 bits per heavy atom. The number of carbonyl (C=O) groups excluding carboxylic acids is 2. The Kier molecular flexibility index (Phi) is 4.72. The van der Waals surface area contributed by atoms with E-state index in [1.165, 1.54) is 11.3 Å². The van der Waals surface area contributed by atoms with Gasteiger partial charge in [0.05, 0.1) is 5.69 Å². The van der Waals surface area contributed by atoms with Crippen LogP contribution < -0.4 is 15.5 Å². The maximum Gasteiger partial charge on any atom is 0.249 e. The SMILES string of the molecule is CCNC(C)c1csc(N2CC(=O)NC(=O)C2CC)n1. The van der Waals surface area contributed by atoms with Crippen LogP contribution in [0.25, 0.3) is 0 Å². The van der Waals surface area contributed by atoms with E-state index in [0.29, 0.717) is 6.42 Å². The number of imide groups is 1. The fourth-order valence-electron chi connectivity index (χ4n) is 2.29. The van der Waals surface area contributed by atoms with Gasteiger partial charge in [-0.1, -0.05) is 13.8 Å². The predicted octanol–water partition coefficient (Wildman–Crippen LogP) is 1.05. The summed E-state index contributed by atoms with van der Waals surface area (Å²) in [6, 6.07) is -0.152. The highest BCUT2D eigenvalue weighted by molar-refractivity contribution is 7.13. The van der Waals surface area contributed by atoms with Gasteiger partial charge in [0.25, 0.3) is 0 Å². The maximum absolute atomic E-state index is 11.9. The molecule has 1 aromatic rings. The van der Waals surface area contributed by atoms with Crippen molar-refractivity contribution < 1.29 is 9.59 Å². The summed E-state index contributed by atoms with van der Waals surface area (Å²) in [4.78, 5) is 29.8. The van der Waals surface area contributed by atoms with E-state index in [9.17, 15) is 9.59 Å². The lowest BCUT2D eigenvalue weighted by molar-refractivity contribution is -0.132. The standard InChI is InChI=1S/C13H20N4O2S/c1-4-10-12(19)16-11(18)6-17(10)13-15-9(7-20-13)8(3)14-5-2/h7-8,10,14H,4-6H2,1-3H3,(H,16,18,19). The number of hydrogen-bond acceptors (Lipinski definition) is 6. The van der Waals surface area contributed by atoms with Crippen LogP contribution in [0.15, 0.2) is 5.38 Å². The Bertz CT molecular complexity index is 502. The first-order valence-electron chi connectivity index (χ1n) is 6.85. The molecule has 0 aromatic carbocycles. The van der Waals surface area contributed by atoms with E-state index in [1.807, 2.05) is 26.2 Å². The van der Waals surface area contributed by atoms with E-state index in [1.54, 1.807) is 4.90 Å². The lowest BCUT2D eigenvalue weighted by atomic mass is 10.1. The van der Waals surface area contributed by atoms with Gasteiger partial charge in [-0.3, -0.25) is 14.9 Å². The van der Waals surface area contributed by atoms with Gasteiger partial charge in [-0.25, -0.2) is 4.98 Å². The summed E-state index contributed by atoms with van der Waals surface area (Å²) in [5.74, 6) is -0.503. The minimum absolute atomic E-state index is 0.166. The molecule has 0 bridgehead atoms. The summed E-state index contributed by atoms with van der Waals surface area (Å²) in [6.45, 7) is 7.09. The number of thiazole rings is 1. The van der Waals surface area contributed by atoms with Crippen molar-refractivity contribution in [3.8, 4) is 0 Å². The second kappa shape index (κ2) is 6.32. The molecule has 1 aliphatic rings. The number of nitrogens with zero attached hydrogens (tertiary/aromatic N) is 2. The smallest absolute Gasteiger partial charge is 0.249 e. The molecule has 2 unspecified atom stereocenters. The number of piperazine rings is 1. The predicted molar refractivity (Wildman–Crippen MR) is 78.8 cm³/mol. The van der Waals surface area contributed by atoms with Gasteiger partial charge in [-0.15, -0.1) is 11.3 Å². The molecule has 0 aliphatic carbocycles. The van der Waals surface area contributed by atoms with E-state index in [2.05, 4.69) is 15.6 Å². The molecule has 0 spiro atoms. The van der Waals surface area contributed by atoms with Gasteiger partial charge in [0.1, 0.15) is 12.6 Å². The average molecular weight is 296 g/mol. The molecular formula is C13H20N4O2S. The average Bonchev–Trinajstić information content (AvgIpc) is 2.87. The Balaban J connectivity index is 2.20. The summed E-state index contributed by atoms with van der Waals surface area (Å²) in [6.07, 6.45) is 0.650. The molecule has 2 rings (SSSR count). The lowest BCUT2D eigenvalue weighted by Gasteiger charge is -2.33. The zero-order valence-corrected chi connectivity index (χ0v) is 12.8. The van der Waals surface area contributed by atoms with Crippen molar-refractivity contribution in [2.45, 2.75) is 39.3 Å². The first-order chi connectivity index (χ1) is 9.56. The van der Waals surface area contributed by atoms with Crippen LogP contribution in [0, 0.1) is 0 Å². The molecule has 7 heteroatoms. The van der Waals surface area contributed by atoms with E-state index >= 15 is 0 Å². The molecular weight excluding hydrogens is 276 g/mol. The summed E-state index contributed by atoms with van der Waals surface area (Å²) in [5, 5.41) is 8.39. The van der Waals surface area contributed by atoms with Crippen LogP contribution in [0.4, 0.5) is 5.13 Å². The number of hydrogen-bond donors (Lipinski definition) is 2. The maximum atomic E-state index is 11.9. The largest absolute Gasteiger partial charge is 0.327 e. The zero-order valence-electron chi connectivity index (χ0n) is 12.0. The molecule has 110 valence electrons. The summed E-state index contributed by atoms with van der Waals surface area (Å²) < 4.78 is 0. The third kappa shape index (κ3) is 2.99. The molecule has 0 saturated carbocycles. The molecule has 1 aliphatic heterocycles. The Morgan fingerprint density at radius 1 is 1.55 bits per heavy atom. The molecule has 2 amide bonds. The first-order valence-corrected chi connectivity index (χ1v) is 7.73. The second-order valence-corrected chi connectivity index (χ2v) is 5.64. The van der Waals surface area contributed by atoms with Gasteiger partial charge in [-0.2, -0.15) is 0 Å². The van der Waals surface area contributed by atoms with Crippen LogP contribution in [0.2, 0.25) is 0 Å². The van der Waals surface area contributed by atoms with Crippen molar-refractivity contribution in [3.63, 3.8) is 0 Å². The van der Waals surface area contributed by atoms with Crippen molar-refractivity contribution in [2.24, 2.45) is 0 Å². The molecule has 2 N–H and O–H groups in total. The Labute approximate surface area is 122 Å². The van der Waals surface area contributed by atoms with E-state index < -0.39 is 0 Å². The normalized spacial score (nSPS) is 20.9. The lowest BCUT2D eigenvalue weighted by Crippen LogP contribution is -2.58. The summed E-state index contributed by atoms with van der Waals surface area (Å²) in [5.41, 5.74) is 0.945. The van der Waals surface area contributed by atoms with Crippen LogP contribution in [-0.2, 0) is 9.59 Å². The topological polar surface area (TPSA) is 74.3 Å². The molecule has 0 radical (unpaired) electrons. The van der Waals surface area contributed by atoms with E-state index in [4.69, 9.17) is 0 Å². The fourth-order valence-corrected chi connectivity index (χ4v) is 3.26. The Hall–Kier alpha value is -1.47. The second-order valence-electron chi connectivity index (χ2n) is 4.80. The molecule has 2 heterocycles. The number of nitrogens with one attached hydrogen (secondary N) is 2. The van der Waals surface area contributed by atoms with Crippen molar-refractivity contribution in [3.05, 3.63) is 11.1 Å². The van der Waals surface area contributed by atoms with Crippen LogP contribution in [-0.4, -0.2) is 35.9 Å². The zero-order chi connectivity index (χ0) is 14.7. The van der Waals surface area contributed by atoms with Gasteiger partial charge in [0, 0.05) is 11.4 Å². The molecule has 1 saturated heterocycles. The van der Waals surface area contributed by atoms with Crippen molar-refractivity contribution in [1.29, 1.82) is 0 Å². The van der Waals surface area contributed by atoms with Gasteiger partial charge in [-0.05, 0) is 19.9 Å². The fraction of sp³-hybridized carbons (Fsp3) is 0.615. The monoisotopic (exact) mass is 296 g/mol. The molecule has 2 atom stereocenters. The highest BCUT2D eigenvalue weighted by atomic mass is 32.1. The summed E-state index contributed by atoms with van der Waals surface area (Å²) >= 11 is 1.48. The highest BCUT2D eigenvalue weighted by Gasteiger charge is 2.34. The van der Waals surface area contributed by atoms with Gasteiger partial charge >= 0.3 is 0 Å². The van der Waals surface area contributed by atoms with Crippen molar-refractivity contribution in [1.82, 2.24) is 15.6 Å². The number of carbonyl (C=O) groups is 2. The van der Waals surface area contributed by atoms with Crippen LogP contribution in [0.3, 0.4) is 0 Å². The van der Waals surface area contributed by atoms with E-state index in [0.717, 1.165) is 17.4 Å². The van der Waals surface area contributed by atoms with Crippen LogP contribution >= 0.6 is 11.3 Å². The summed E-state index contributed by atoms with van der Waals surface area (Å²) in [7, 11) is 0. The Morgan fingerprint density at radius 2 is 2.30 bits per heavy atom. The number of anilines is 1. The van der Waals surface area contributed by atoms with Crippen molar-refractivity contribution >= 4 is 28.3 Å². The molecule has 1 fully saturated rings. The van der Waals surface area contributed by atoms with Crippen molar-refractivity contribution in [2.75, 3.05) is 18.0 Å². The molecule has 20 heavy (non-hydrogen) atoms. The minimum Gasteiger partial charge on any atom is -0.327 e. The van der Waals surface area contributed by atoms with Gasteiger partial charge < -0.3 is 10.2 Å². The first kappa shape index (κ1) is 14.9. The third-order valence-corrected chi connectivity index (χ3v) is 4.25. The number of amides is 2. The highest BCUT2D eigenvalue weighted by Crippen LogP contribution is 2.27. The molecule has 1 aromatic heterocycles. The third-order valence-electron chi connectivity index (χ3n) is 3.35. The number of rotatable bonds is 5. The van der Waals surface area contributed by atoms with Gasteiger partial charge in [0.15, 0.2) is 5.13 Å². The molecule has 6 nitrogen and oxygen atoms in total. The van der Waals surface area contributed by atoms with E-state index in [-0.39, 0.29) is 30.4 Å². The minimum atomic E-state index is -0.318. The van der Waals surface area contributed by atoms with Crippen LogP contribution in [0.5, 0.6) is 0 Å². The quantitative estimate of drug-likeness (QED) is 0.795. The van der Waals surface area contributed by atoms with Crippen LogP contribution in [0.1, 0.15) is 38.9 Å². The van der Waals surface area contributed by atoms with Gasteiger partial charge in [0.2, 0.25) is 11.8 Å².